The van der Waals surface area contributed by atoms with Gasteiger partial charge in [-0.15, -0.1) is 0 Å². The Balaban J connectivity index is 2.50. The lowest BCUT2D eigenvalue weighted by atomic mass is 10.2. The van der Waals surface area contributed by atoms with Crippen LogP contribution in [-0.2, 0) is 0 Å². The highest BCUT2D eigenvalue weighted by Gasteiger charge is 1.82. The van der Waals surface area contributed by atoms with E-state index in [9.17, 15) is 0 Å². The number of allylic oxidation sites excluding steroid dienone is 2. The van der Waals surface area contributed by atoms with Crippen LogP contribution in [0.5, 0.6) is 0 Å². The van der Waals surface area contributed by atoms with Gasteiger partial charge in [0.2, 0.25) is 0 Å². The normalized spacial score (nSPS) is 11.9. The minimum absolute atomic E-state index is 0.585. The molecule has 0 saturated heterocycles. The fourth-order valence-corrected chi connectivity index (χ4v) is 0.915. The molecule has 1 rings (SSSR count). The first kappa shape index (κ1) is 9.72. The van der Waals surface area contributed by atoms with Crippen LogP contribution in [0.15, 0.2) is 47.5 Å². The second kappa shape index (κ2) is 5.31. The van der Waals surface area contributed by atoms with Crippen molar-refractivity contribution in [3.05, 3.63) is 42.5 Å². The van der Waals surface area contributed by atoms with Crippen LogP contribution in [-0.4, -0.2) is 6.21 Å². The predicted octanol–water partition coefficient (Wildman–Crippen LogP) is 3.60. The second-order valence-electron chi connectivity index (χ2n) is 3.24. The van der Waals surface area contributed by atoms with Crippen LogP contribution in [0.1, 0.15) is 13.8 Å². The highest BCUT2D eigenvalue weighted by molar-refractivity contribution is 5.74. The number of hydrogen-bond acceptors (Lipinski definition) is 1. The molecular formula is C12H15N. The third-order valence-electron chi connectivity index (χ3n) is 1.56. The number of para-hydroxylation sites is 1. The first-order valence-electron chi connectivity index (χ1n) is 4.55. The van der Waals surface area contributed by atoms with Gasteiger partial charge in [0, 0.05) is 6.21 Å². The summed E-state index contributed by atoms with van der Waals surface area (Å²) in [6, 6.07) is 9.93. The zero-order valence-corrected chi connectivity index (χ0v) is 8.14. The zero-order valence-electron chi connectivity index (χ0n) is 8.14. The van der Waals surface area contributed by atoms with E-state index < -0.39 is 0 Å². The molecule has 0 fully saturated rings. The van der Waals surface area contributed by atoms with E-state index >= 15 is 0 Å². The smallest absolute Gasteiger partial charge is 0.0629 e. The van der Waals surface area contributed by atoms with Gasteiger partial charge in [-0.1, -0.05) is 38.1 Å². The number of benzene rings is 1. The van der Waals surface area contributed by atoms with Gasteiger partial charge in [-0.2, -0.15) is 0 Å². The Morgan fingerprint density at radius 3 is 2.46 bits per heavy atom. The standard InChI is InChI=1S/C12H15N/c1-11(2)7-6-10-13-12-8-4-3-5-9-12/h3-11H,1-2H3/b7-6+,13-10?. The minimum Gasteiger partial charge on any atom is -0.257 e. The van der Waals surface area contributed by atoms with E-state index in [1.165, 1.54) is 0 Å². The van der Waals surface area contributed by atoms with Crippen molar-refractivity contribution < 1.29 is 0 Å². The Bertz CT molecular complexity index is 283. The second-order valence-corrected chi connectivity index (χ2v) is 3.24. The van der Waals surface area contributed by atoms with E-state index in [0.717, 1.165) is 5.69 Å². The molecule has 1 aromatic rings. The largest absolute Gasteiger partial charge is 0.257 e. The molecule has 13 heavy (non-hydrogen) atoms. The SMILES string of the molecule is CC(C)/C=C/C=Nc1ccccc1. The molecule has 0 N–H and O–H groups in total. The summed E-state index contributed by atoms with van der Waals surface area (Å²) in [6.07, 6.45) is 5.93. The van der Waals surface area contributed by atoms with E-state index in [0.29, 0.717) is 5.92 Å². The molecule has 0 aliphatic heterocycles. The van der Waals surface area contributed by atoms with Gasteiger partial charge in [-0.05, 0) is 24.1 Å². The average molecular weight is 173 g/mol. The van der Waals surface area contributed by atoms with Gasteiger partial charge in [0.1, 0.15) is 0 Å². The zero-order chi connectivity index (χ0) is 9.52. The maximum absolute atomic E-state index is 4.27. The van der Waals surface area contributed by atoms with Crippen molar-refractivity contribution in [3.8, 4) is 0 Å². The van der Waals surface area contributed by atoms with Gasteiger partial charge in [-0.3, -0.25) is 4.99 Å². The Kier molecular flexibility index (Phi) is 3.97. The Labute approximate surface area is 79.8 Å². The number of hydrogen-bond donors (Lipinski definition) is 0. The fourth-order valence-electron chi connectivity index (χ4n) is 0.915. The minimum atomic E-state index is 0.585. The van der Waals surface area contributed by atoms with Crippen LogP contribution in [0.3, 0.4) is 0 Å². The molecular weight excluding hydrogens is 158 g/mol. The van der Waals surface area contributed by atoms with Crippen LogP contribution in [0.2, 0.25) is 0 Å². The van der Waals surface area contributed by atoms with Crippen molar-refractivity contribution >= 4 is 11.9 Å². The quantitative estimate of drug-likeness (QED) is 0.619. The Morgan fingerprint density at radius 1 is 1.15 bits per heavy atom. The molecule has 0 aliphatic carbocycles. The maximum atomic E-state index is 4.27. The number of aliphatic imine (C=N–C) groups is 1. The number of nitrogens with zero attached hydrogens (tertiary/aromatic N) is 1. The van der Waals surface area contributed by atoms with E-state index in [4.69, 9.17) is 0 Å². The monoisotopic (exact) mass is 173 g/mol. The lowest BCUT2D eigenvalue weighted by Gasteiger charge is -1.90. The van der Waals surface area contributed by atoms with Crippen molar-refractivity contribution in [1.82, 2.24) is 0 Å². The van der Waals surface area contributed by atoms with Crippen molar-refractivity contribution in [2.24, 2.45) is 10.9 Å². The molecule has 0 aliphatic rings. The Hall–Kier alpha value is -1.37. The summed E-state index contributed by atoms with van der Waals surface area (Å²) in [5, 5.41) is 0. The van der Waals surface area contributed by atoms with Crippen LogP contribution in [0.25, 0.3) is 0 Å². The summed E-state index contributed by atoms with van der Waals surface area (Å²) in [7, 11) is 0. The lowest BCUT2D eigenvalue weighted by Crippen LogP contribution is -1.76. The van der Waals surface area contributed by atoms with Gasteiger partial charge in [-0.25, -0.2) is 0 Å². The molecule has 68 valence electrons. The summed E-state index contributed by atoms with van der Waals surface area (Å²) in [5.41, 5.74) is 0.996. The summed E-state index contributed by atoms with van der Waals surface area (Å²) < 4.78 is 0. The maximum Gasteiger partial charge on any atom is 0.0629 e. The first-order chi connectivity index (χ1) is 6.29. The summed E-state index contributed by atoms with van der Waals surface area (Å²) in [5.74, 6) is 0.585. The molecule has 0 bridgehead atoms. The van der Waals surface area contributed by atoms with Gasteiger partial charge >= 0.3 is 0 Å². The molecule has 1 aromatic carbocycles. The summed E-state index contributed by atoms with van der Waals surface area (Å²) in [4.78, 5) is 4.27. The lowest BCUT2D eigenvalue weighted by molar-refractivity contribution is 0.833. The average Bonchev–Trinajstić information content (AvgIpc) is 2.14. The molecule has 0 saturated carbocycles. The van der Waals surface area contributed by atoms with Crippen LogP contribution < -0.4 is 0 Å². The van der Waals surface area contributed by atoms with E-state index in [2.05, 4.69) is 24.9 Å². The molecule has 0 unspecified atom stereocenters. The fraction of sp³-hybridized carbons (Fsp3) is 0.250. The molecule has 1 heteroatoms. The van der Waals surface area contributed by atoms with Crippen molar-refractivity contribution in [1.29, 1.82) is 0 Å². The van der Waals surface area contributed by atoms with Crippen molar-refractivity contribution in [2.75, 3.05) is 0 Å². The summed E-state index contributed by atoms with van der Waals surface area (Å²) >= 11 is 0. The van der Waals surface area contributed by atoms with E-state index in [1.807, 2.05) is 42.6 Å². The molecule has 0 spiro atoms. The topological polar surface area (TPSA) is 12.4 Å². The first-order valence-corrected chi connectivity index (χ1v) is 4.55. The number of rotatable bonds is 3. The van der Waals surface area contributed by atoms with Crippen LogP contribution >= 0.6 is 0 Å². The van der Waals surface area contributed by atoms with Gasteiger partial charge < -0.3 is 0 Å². The molecule has 0 heterocycles. The van der Waals surface area contributed by atoms with Crippen molar-refractivity contribution in [3.63, 3.8) is 0 Å². The van der Waals surface area contributed by atoms with Gasteiger partial charge in [0.25, 0.3) is 0 Å². The van der Waals surface area contributed by atoms with E-state index in [1.54, 1.807) is 0 Å². The molecule has 0 atom stereocenters. The van der Waals surface area contributed by atoms with Crippen molar-refractivity contribution in [2.45, 2.75) is 13.8 Å². The van der Waals surface area contributed by atoms with Gasteiger partial charge in [0.05, 0.1) is 5.69 Å². The summed E-state index contributed by atoms with van der Waals surface area (Å²) in [6.45, 7) is 4.29. The predicted molar refractivity (Wildman–Crippen MR) is 58.6 cm³/mol. The third kappa shape index (κ3) is 4.26. The van der Waals surface area contributed by atoms with Gasteiger partial charge in [0.15, 0.2) is 0 Å². The molecule has 0 radical (unpaired) electrons. The molecule has 0 aromatic heterocycles. The third-order valence-corrected chi connectivity index (χ3v) is 1.56. The highest BCUT2D eigenvalue weighted by Crippen LogP contribution is 2.08. The highest BCUT2D eigenvalue weighted by atomic mass is 14.7. The van der Waals surface area contributed by atoms with E-state index in [-0.39, 0.29) is 0 Å². The van der Waals surface area contributed by atoms with Crippen LogP contribution in [0.4, 0.5) is 5.69 Å². The Morgan fingerprint density at radius 2 is 1.85 bits per heavy atom. The molecule has 0 amide bonds. The van der Waals surface area contributed by atoms with Crippen LogP contribution in [0, 0.1) is 5.92 Å². The molecule has 1 nitrogen and oxygen atoms in total.